The molecule has 2 aromatic carbocycles. The minimum Gasteiger partial charge on any atom is -0.444 e. The van der Waals surface area contributed by atoms with E-state index in [-0.39, 0.29) is 22.8 Å². The van der Waals surface area contributed by atoms with Gasteiger partial charge in [-0.1, -0.05) is 67.2 Å². The van der Waals surface area contributed by atoms with E-state index in [9.17, 15) is 9.59 Å². The van der Waals surface area contributed by atoms with Crippen LogP contribution in [-0.2, 0) is 22.4 Å². The Morgan fingerprint density at radius 1 is 1.06 bits per heavy atom. The topological polar surface area (TPSA) is 106 Å². The van der Waals surface area contributed by atoms with Gasteiger partial charge in [0, 0.05) is 12.1 Å². The monoisotopic (exact) mass is 482 g/mol. The van der Waals surface area contributed by atoms with Crippen LogP contribution in [0.15, 0.2) is 64.2 Å². The number of nitrogens with zero attached hydrogens (tertiary/aromatic N) is 2. The molecule has 1 aromatic heterocycles. The smallest absolute Gasteiger partial charge is 0.408 e. The lowest BCUT2D eigenvalue weighted by molar-refractivity contribution is -0.113. The van der Waals surface area contributed by atoms with E-state index < -0.39 is 17.7 Å². The van der Waals surface area contributed by atoms with Crippen LogP contribution < -0.4 is 10.6 Å². The molecule has 1 unspecified atom stereocenters. The van der Waals surface area contributed by atoms with Crippen LogP contribution in [0.2, 0.25) is 0 Å². The van der Waals surface area contributed by atoms with Crippen molar-refractivity contribution in [3.05, 3.63) is 71.6 Å². The van der Waals surface area contributed by atoms with E-state index in [1.54, 1.807) is 20.8 Å². The van der Waals surface area contributed by atoms with Crippen LogP contribution in [0.25, 0.3) is 0 Å². The fraction of sp³-hybridized carbons (Fsp3) is 0.360. The van der Waals surface area contributed by atoms with E-state index in [4.69, 9.17) is 9.15 Å². The minimum absolute atomic E-state index is 0.114. The molecule has 0 spiro atoms. The number of aryl methyl sites for hydroxylation is 1. The third-order valence-electron chi connectivity index (χ3n) is 4.69. The third kappa shape index (κ3) is 7.91. The summed E-state index contributed by atoms with van der Waals surface area (Å²) in [4.78, 5) is 24.8. The highest BCUT2D eigenvalue weighted by Gasteiger charge is 2.25. The molecule has 0 bridgehead atoms. The highest BCUT2D eigenvalue weighted by molar-refractivity contribution is 7.99. The molecular weight excluding hydrogens is 452 g/mol. The van der Waals surface area contributed by atoms with E-state index >= 15 is 0 Å². The molecule has 9 heteroatoms. The maximum atomic E-state index is 12.4. The van der Waals surface area contributed by atoms with E-state index in [1.165, 1.54) is 0 Å². The van der Waals surface area contributed by atoms with Crippen molar-refractivity contribution < 1.29 is 18.7 Å². The number of alkyl carbamates (subject to hydrolysis) is 1. The zero-order valence-electron chi connectivity index (χ0n) is 19.8. The number of carbonyl (C=O) groups excluding carboxylic acids is 2. The van der Waals surface area contributed by atoms with Crippen LogP contribution in [0.3, 0.4) is 0 Å². The minimum atomic E-state index is -0.638. The van der Waals surface area contributed by atoms with Crippen LogP contribution in [0.1, 0.15) is 50.8 Å². The maximum absolute atomic E-state index is 12.4. The second-order valence-electron chi connectivity index (χ2n) is 8.64. The Balaban J connectivity index is 1.65. The first kappa shape index (κ1) is 25.3. The first-order valence-electron chi connectivity index (χ1n) is 11.1. The van der Waals surface area contributed by atoms with Gasteiger partial charge in [0.1, 0.15) is 11.6 Å². The fourth-order valence-corrected chi connectivity index (χ4v) is 3.75. The largest absolute Gasteiger partial charge is 0.444 e. The number of amides is 2. The summed E-state index contributed by atoms with van der Waals surface area (Å²) in [7, 11) is 0. The number of thioether (sulfide) groups is 1. The van der Waals surface area contributed by atoms with Gasteiger partial charge < -0.3 is 19.8 Å². The SMILES string of the molecule is CCc1ccccc1NC(=O)CSc1nnc(C(Cc2ccccc2)NC(=O)OC(C)(C)C)o1. The standard InChI is InChI=1S/C25H30N4O4S/c1-5-18-13-9-10-14-19(18)26-21(30)16-34-24-29-28-22(32-24)20(15-17-11-7-6-8-12-17)27-23(31)33-25(2,3)4/h6-14,20H,5,15-16H2,1-4H3,(H,26,30)(H,27,31). The molecule has 0 aliphatic heterocycles. The predicted molar refractivity (Wildman–Crippen MR) is 132 cm³/mol. The second kappa shape index (κ2) is 11.7. The summed E-state index contributed by atoms with van der Waals surface area (Å²) >= 11 is 1.14. The Hall–Kier alpha value is -3.33. The van der Waals surface area contributed by atoms with E-state index in [0.717, 1.165) is 35.0 Å². The van der Waals surface area contributed by atoms with E-state index in [2.05, 4.69) is 20.8 Å². The number of para-hydroxylation sites is 1. The van der Waals surface area contributed by atoms with Crippen molar-refractivity contribution in [2.75, 3.05) is 11.1 Å². The number of carbonyl (C=O) groups is 2. The first-order valence-corrected chi connectivity index (χ1v) is 12.1. The van der Waals surface area contributed by atoms with Crippen molar-refractivity contribution in [2.45, 2.75) is 57.4 Å². The number of rotatable bonds is 9. The normalized spacial score (nSPS) is 12.1. The van der Waals surface area contributed by atoms with Gasteiger partial charge in [-0.3, -0.25) is 4.79 Å². The highest BCUT2D eigenvalue weighted by Crippen LogP contribution is 2.24. The summed E-state index contributed by atoms with van der Waals surface area (Å²) in [6.45, 7) is 7.43. The Morgan fingerprint density at radius 2 is 1.76 bits per heavy atom. The summed E-state index contributed by atoms with van der Waals surface area (Å²) in [5.41, 5.74) is 2.22. The fourth-order valence-electron chi connectivity index (χ4n) is 3.18. The van der Waals surface area contributed by atoms with Crippen molar-refractivity contribution in [3.63, 3.8) is 0 Å². The molecule has 0 saturated carbocycles. The molecule has 2 amide bonds. The van der Waals surface area contributed by atoms with Gasteiger partial charge in [-0.2, -0.15) is 0 Å². The molecule has 1 heterocycles. The summed E-state index contributed by atoms with van der Waals surface area (Å²) in [6, 6.07) is 16.8. The zero-order chi connectivity index (χ0) is 24.6. The molecule has 0 radical (unpaired) electrons. The Kier molecular flexibility index (Phi) is 8.70. The maximum Gasteiger partial charge on any atom is 0.408 e. The van der Waals surface area contributed by atoms with Crippen molar-refractivity contribution >= 4 is 29.4 Å². The average Bonchev–Trinajstić information content (AvgIpc) is 3.26. The molecule has 0 aliphatic rings. The third-order valence-corrected chi connectivity index (χ3v) is 5.51. The predicted octanol–water partition coefficient (Wildman–Crippen LogP) is 5.17. The molecule has 8 nitrogen and oxygen atoms in total. The number of anilines is 1. The molecule has 0 fully saturated rings. The number of ether oxygens (including phenoxy) is 1. The average molecular weight is 483 g/mol. The Labute approximate surface area is 203 Å². The number of hydrogen-bond acceptors (Lipinski definition) is 7. The lowest BCUT2D eigenvalue weighted by atomic mass is 10.1. The summed E-state index contributed by atoms with van der Waals surface area (Å²) in [6.07, 6.45) is 0.694. The van der Waals surface area contributed by atoms with Crippen molar-refractivity contribution in [1.82, 2.24) is 15.5 Å². The number of hydrogen-bond donors (Lipinski definition) is 2. The summed E-state index contributed by atoms with van der Waals surface area (Å²) < 4.78 is 11.2. The Morgan fingerprint density at radius 3 is 2.47 bits per heavy atom. The molecule has 0 saturated heterocycles. The van der Waals surface area contributed by atoms with Gasteiger partial charge >= 0.3 is 6.09 Å². The van der Waals surface area contributed by atoms with Crippen molar-refractivity contribution in [2.24, 2.45) is 0 Å². The van der Waals surface area contributed by atoms with Gasteiger partial charge in [0.25, 0.3) is 5.22 Å². The molecular formula is C25H30N4O4S. The summed E-state index contributed by atoms with van der Waals surface area (Å²) in [5.74, 6) is 0.190. The van der Waals surface area contributed by atoms with Gasteiger partial charge in [0.05, 0.1) is 5.75 Å². The van der Waals surface area contributed by atoms with E-state index in [1.807, 2.05) is 61.5 Å². The van der Waals surface area contributed by atoms with Gasteiger partial charge in [-0.05, 0) is 44.4 Å². The lowest BCUT2D eigenvalue weighted by Gasteiger charge is -2.22. The van der Waals surface area contributed by atoms with Crippen molar-refractivity contribution in [3.8, 4) is 0 Å². The number of nitrogens with one attached hydrogen (secondary N) is 2. The second-order valence-corrected chi connectivity index (χ2v) is 9.57. The van der Waals surface area contributed by atoms with Gasteiger partial charge in [0.2, 0.25) is 11.8 Å². The molecule has 1 atom stereocenters. The van der Waals surface area contributed by atoms with Crippen molar-refractivity contribution in [1.29, 1.82) is 0 Å². The van der Waals surface area contributed by atoms with Gasteiger partial charge in [-0.25, -0.2) is 4.79 Å². The number of aromatic nitrogens is 2. The van der Waals surface area contributed by atoms with Crippen LogP contribution in [0, 0.1) is 0 Å². The van der Waals surface area contributed by atoms with Crippen LogP contribution >= 0.6 is 11.8 Å². The molecule has 2 N–H and O–H groups in total. The summed E-state index contributed by atoms with van der Waals surface area (Å²) in [5, 5.41) is 14.1. The van der Waals surface area contributed by atoms with E-state index in [0.29, 0.717) is 6.42 Å². The van der Waals surface area contributed by atoms with Gasteiger partial charge in [-0.15, -0.1) is 10.2 Å². The van der Waals surface area contributed by atoms with Crippen LogP contribution in [0.4, 0.5) is 10.5 Å². The van der Waals surface area contributed by atoms with Gasteiger partial charge in [0.15, 0.2) is 0 Å². The number of benzene rings is 2. The quantitative estimate of drug-likeness (QED) is 0.405. The molecule has 34 heavy (non-hydrogen) atoms. The highest BCUT2D eigenvalue weighted by atomic mass is 32.2. The molecule has 180 valence electrons. The van der Waals surface area contributed by atoms with Crippen LogP contribution in [-0.4, -0.2) is 33.6 Å². The molecule has 0 aliphatic carbocycles. The van der Waals surface area contributed by atoms with Crippen LogP contribution in [0.5, 0.6) is 0 Å². The molecule has 3 aromatic rings. The molecule has 3 rings (SSSR count). The Bertz CT molecular complexity index is 1100. The lowest BCUT2D eigenvalue weighted by Crippen LogP contribution is -2.36. The zero-order valence-corrected chi connectivity index (χ0v) is 20.6. The first-order chi connectivity index (χ1) is 16.2.